The Kier molecular flexibility index (Phi) is 4.99. The topological polar surface area (TPSA) is 100 Å². The number of nitrogens with zero attached hydrogens (tertiary/aromatic N) is 5. The molecule has 1 aromatic carbocycles. The summed E-state index contributed by atoms with van der Waals surface area (Å²) in [5.74, 6) is -0.542. The molecule has 1 N–H and O–H groups in total. The molecule has 0 bridgehead atoms. The summed E-state index contributed by atoms with van der Waals surface area (Å²) in [6, 6.07) is 4.40. The van der Waals surface area contributed by atoms with Crippen molar-refractivity contribution < 1.29 is 19.1 Å². The molecule has 1 saturated heterocycles. The normalized spacial score (nSPS) is 24.8. The maximum Gasteiger partial charge on any atom is 0.407 e. The van der Waals surface area contributed by atoms with Crippen molar-refractivity contribution in [2.75, 3.05) is 13.1 Å². The summed E-state index contributed by atoms with van der Waals surface area (Å²) in [6.45, 7) is 4.00. The van der Waals surface area contributed by atoms with E-state index in [2.05, 4.69) is 5.10 Å². The van der Waals surface area contributed by atoms with Gasteiger partial charge in [0.25, 0.3) is 0 Å². The molecule has 27 heavy (non-hydrogen) atoms. The molecule has 3 rings (SSSR count). The zero-order valence-corrected chi connectivity index (χ0v) is 15.0. The molecule has 142 valence electrons. The SMILES string of the molecule is C[C@@H]1CN(C(=O)O)C[C@H](C)N1C(=O)N1N=CC[C@H]1c1cc(F)cc(C#N)c1. The average molecular weight is 373 g/mol. The summed E-state index contributed by atoms with van der Waals surface area (Å²) >= 11 is 0. The highest BCUT2D eigenvalue weighted by Crippen LogP contribution is 2.32. The Bertz CT molecular complexity index is 825. The molecule has 1 fully saturated rings. The number of carbonyl (C=O) groups excluding carboxylic acids is 1. The van der Waals surface area contributed by atoms with Crippen LogP contribution in [0.3, 0.4) is 0 Å². The Morgan fingerprint density at radius 1 is 1.26 bits per heavy atom. The maximum atomic E-state index is 13.8. The minimum absolute atomic E-state index is 0.182. The summed E-state index contributed by atoms with van der Waals surface area (Å²) in [7, 11) is 0. The predicted molar refractivity (Wildman–Crippen MR) is 94.6 cm³/mol. The number of benzene rings is 1. The van der Waals surface area contributed by atoms with Crippen molar-refractivity contribution in [1.82, 2.24) is 14.8 Å². The second kappa shape index (κ2) is 7.23. The van der Waals surface area contributed by atoms with Crippen molar-refractivity contribution >= 4 is 18.3 Å². The molecule has 1 aromatic rings. The first-order chi connectivity index (χ1) is 12.8. The van der Waals surface area contributed by atoms with Gasteiger partial charge in [0.05, 0.1) is 17.7 Å². The Balaban J connectivity index is 1.84. The molecular weight excluding hydrogens is 353 g/mol. The van der Waals surface area contributed by atoms with Gasteiger partial charge in [-0.3, -0.25) is 0 Å². The number of hydrogen-bond donors (Lipinski definition) is 1. The fourth-order valence-electron chi connectivity index (χ4n) is 3.72. The van der Waals surface area contributed by atoms with Crippen molar-refractivity contribution in [3.63, 3.8) is 0 Å². The lowest BCUT2D eigenvalue weighted by Gasteiger charge is -2.44. The van der Waals surface area contributed by atoms with Gasteiger partial charge in [-0.15, -0.1) is 0 Å². The minimum atomic E-state index is -1.01. The number of hydrogen-bond acceptors (Lipinski definition) is 4. The molecule has 0 aliphatic carbocycles. The first-order valence-electron chi connectivity index (χ1n) is 8.64. The molecule has 3 amide bonds. The standard InChI is InChI=1S/C18H20FN5O3/c1-11-9-22(18(26)27)10-12(2)23(11)17(25)24-16(3-4-21-24)14-5-13(8-20)6-15(19)7-14/h4-7,11-12,16H,3,9-10H2,1-2H3,(H,26,27)/t11-,12+,16-/m0/s1. The van der Waals surface area contributed by atoms with Crippen LogP contribution in [0.1, 0.15) is 37.4 Å². The zero-order chi connectivity index (χ0) is 19.7. The van der Waals surface area contributed by atoms with E-state index in [1.54, 1.807) is 31.0 Å². The maximum absolute atomic E-state index is 13.8. The van der Waals surface area contributed by atoms with Gasteiger partial charge in [0, 0.05) is 37.8 Å². The predicted octanol–water partition coefficient (Wildman–Crippen LogP) is 2.62. The highest BCUT2D eigenvalue weighted by Gasteiger charge is 2.40. The van der Waals surface area contributed by atoms with Crippen molar-refractivity contribution in [3.05, 3.63) is 35.1 Å². The van der Waals surface area contributed by atoms with Crippen LogP contribution in [0.25, 0.3) is 0 Å². The molecule has 8 nitrogen and oxygen atoms in total. The molecule has 2 aliphatic rings. The quantitative estimate of drug-likeness (QED) is 0.818. The van der Waals surface area contributed by atoms with Crippen molar-refractivity contribution in [1.29, 1.82) is 5.26 Å². The highest BCUT2D eigenvalue weighted by molar-refractivity contribution is 5.79. The van der Waals surface area contributed by atoms with Gasteiger partial charge >= 0.3 is 12.1 Å². The number of halogens is 1. The van der Waals surface area contributed by atoms with Crippen molar-refractivity contribution in [3.8, 4) is 6.07 Å². The second-order valence-corrected chi connectivity index (χ2v) is 6.85. The molecule has 3 atom stereocenters. The Morgan fingerprint density at radius 2 is 1.93 bits per heavy atom. The summed E-state index contributed by atoms with van der Waals surface area (Å²) in [4.78, 5) is 27.3. The van der Waals surface area contributed by atoms with E-state index >= 15 is 0 Å². The van der Waals surface area contributed by atoms with Gasteiger partial charge in [-0.05, 0) is 37.6 Å². The van der Waals surface area contributed by atoms with Crippen molar-refractivity contribution in [2.24, 2.45) is 5.10 Å². The van der Waals surface area contributed by atoms with E-state index in [1.807, 2.05) is 6.07 Å². The lowest BCUT2D eigenvalue weighted by atomic mass is 10.0. The average Bonchev–Trinajstić information content (AvgIpc) is 3.10. The number of nitriles is 1. The fourth-order valence-corrected chi connectivity index (χ4v) is 3.72. The summed E-state index contributed by atoms with van der Waals surface area (Å²) in [5.41, 5.74) is 0.683. The van der Waals surface area contributed by atoms with Crippen molar-refractivity contribution in [2.45, 2.75) is 38.4 Å². The number of piperazine rings is 1. The van der Waals surface area contributed by atoms with E-state index in [4.69, 9.17) is 5.26 Å². The zero-order valence-electron chi connectivity index (χ0n) is 15.0. The Labute approximate surface area is 156 Å². The lowest BCUT2D eigenvalue weighted by Crippen LogP contribution is -2.61. The smallest absolute Gasteiger partial charge is 0.407 e. The van der Waals surface area contributed by atoms with E-state index in [9.17, 15) is 19.1 Å². The molecule has 0 unspecified atom stereocenters. The van der Waals surface area contributed by atoms with E-state index in [0.29, 0.717) is 12.0 Å². The largest absolute Gasteiger partial charge is 0.465 e. The first-order valence-corrected chi connectivity index (χ1v) is 8.64. The van der Waals surface area contributed by atoms with Gasteiger partial charge in [-0.1, -0.05) is 0 Å². The van der Waals surface area contributed by atoms with E-state index < -0.39 is 18.0 Å². The van der Waals surface area contributed by atoms with Crippen LogP contribution >= 0.6 is 0 Å². The van der Waals surface area contributed by atoms with E-state index in [-0.39, 0.29) is 36.8 Å². The third kappa shape index (κ3) is 3.56. The molecule has 2 aliphatic heterocycles. The van der Waals surface area contributed by atoms with Gasteiger partial charge < -0.3 is 14.9 Å². The van der Waals surface area contributed by atoms with Gasteiger partial charge in [0.1, 0.15) is 5.82 Å². The molecule has 0 radical (unpaired) electrons. The first kappa shape index (κ1) is 18.6. The van der Waals surface area contributed by atoms with Gasteiger partial charge in [0.15, 0.2) is 0 Å². The Hall–Kier alpha value is -3.15. The van der Waals surface area contributed by atoms with Gasteiger partial charge in [0.2, 0.25) is 0 Å². The lowest BCUT2D eigenvalue weighted by molar-refractivity contribution is 0.0436. The molecule has 0 aromatic heterocycles. The number of urea groups is 1. The van der Waals surface area contributed by atoms with Gasteiger partial charge in [-0.25, -0.2) is 19.0 Å². The Morgan fingerprint density at radius 3 is 2.52 bits per heavy atom. The molecule has 0 saturated carbocycles. The van der Waals surface area contributed by atoms with Crippen LogP contribution in [0, 0.1) is 17.1 Å². The monoisotopic (exact) mass is 373 g/mol. The number of hydrazone groups is 1. The number of carboxylic acid groups (broad SMARTS) is 1. The molecule has 0 spiro atoms. The summed E-state index contributed by atoms with van der Waals surface area (Å²) in [6.07, 6.45) is 0.988. The van der Waals surface area contributed by atoms with E-state index in [1.165, 1.54) is 16.0 Å². The van der Waals surface area contributed by atoms with Gasteiger partial charge in [-0.2, -0.15) is 10.4 Å². The van der Waals surface area contributed by atoms with E-state index in [0.717, 1.165) is 6.07 Å². The van der Waals surface area contributed by atoms with Crippen LogP contribution in [0.2, 0.25) is 0 Å². The third-order valence-electron chi connectivity index (χ3n) is 4.87. The third-order valence-corrected chi connectivity index (χ3v) is 4.87. The van der Waals surface area contributed by atoms with Crippen LogP contribution in [-0.2, 0) is 0 Å². The van der Waals surface area contributed by atoms with Crippen LogP contribution in [-0.4, -0.2) is 63.4 Å². The van der Waals surface area contributed by atoms with Crippen LogP contribution in [0.15, 0.2) is 23.3 Å². The number of carbonyl (C=O) groups is 2. The fraction of sp³-hybridized carbons (Fsp3) is 0.444. The van der Waals surface area contributed by atoms with Crippen LogP contribution in [0.5, 0.6) is 0 Å². The molecule has 9 heteroatoms. The van der Waals surface area contributed by atoms with Crippen LogP contribution < -0.4 is 0 Å². The molecular formula is C18H20FN5O3. The summed E-state index contributed by atoms with van der Waals surface area (Å²) in [5, 5.41) is 23.7. The number of rotatable bonds is 1. The number of amides is 3. The molecule has 2 heterocycles. The summed E-state index contributed by atoms with van der Waals surface area (Å²) < 4.78 is 13.8. The minimum Gasteiger partial charge on any atom is -0.465 e. The second-order valence-electron chi connectivity index (χ2n) is 6.85. The highest BCUT2D eigenvalue weighted by atomic mass is 19.1. The van der Waals surface area contributed by atoms with Crippen LogP contribution in [0.4, 0.5) is 14.0 Å².